The summed E-state index contributed by atoms with van der Waals surface area (Å²) in [6.07, 6.45) is 3.95. The minimum atomic E-state index is -2.76. The maximum absolute atomic E-state index is 13.0. The number of hydrogen-bond acceptors (Lipinski definition) is 4. The van der Waals surface area contributed by atoms with E-state index in [2.05, 4.69) is 10.1 Å². The molecule has 0 spiro atoms. The Morgan fingerprint density at radius 2 is 1.83 bits per heavy atom. The molecule has 0 N–H and O–H groups in total. The Bertz CT molecular complexity index is 1150. The number of hydrogen-bond donors (Lipinski definition) is 0. The summed E-state index contributed by atoms with van der Waals surface area (Å²) in [4.78, 5) is 16.6. The Morgan fingerprint density at radius 1 is 1.10 bits per heavy atom. The van der Waals surface area contributed by atoms with Gasteiger partial charge in [0.25, 0.3) is 0 Å². The molecule has 0 saturated carbocycles. The van der Waals surface area contributed by atoms with Gasteiger partial charge < -0.3 is 4.74 Å². The lowest BCUT2D eigenvalue weighted by atomic mass is 10.1. The van der Waals surface area contributed by atoms with Gasteiger partial charge in [-0.15, -0.1) is 0 Å². The van der Waals surface area contributed by atoms with Crippen molar-refractivity contribution >= 4 is 5.97 Å². The highest BCUT2D eigenvalue weighted by Crippen LogP contribution is 2.25. The third-order valence-corrected chi connectivity index (χ3v) is 4.57. The zero-order valence-corrected chi connectivity index (χ0v) is 16.1. The molecule has 0 aliphatic carbocycles. The lowest BCUT2D eigenvalue weighted by Crippen LogP contribution is -2.10. The molecule has 0 saturated heterocycles. The summed E-state index contributed by atoms with van der Waals surface area (Å²) < 4.78 is 33.5. The van der Waals surface area contributed by atoms with E-state index in [0.717, 1.165) is 23.0 Å². The van der Waals surface area contributed by atoms with Gasteiger partial charge in [0.15, 0.2) is 5.82 Å². The van der Waals surface area contributed by atoms with Gasteiger partial charge in [-0.05, 0) is 19.1 Å². The maximum atomic E-state index is 13.0. The molecule has 30 heavy (non-hydrogen) atoms. The lowest BCUT2D eigenvalue weighted by Gasteiger charge is -2.07. The third-order valence-electron chi connectivity index (χ3n) is 4.57. The van der Waals surface area contributed by atoms with Crippen molar-refractivity contribution < 1.29 is 18.3 Å². The van der Waals surface area contributed by atoms with Crippen LogP contribution in [0.5, 0.6) is 0 Å². The highest BCUT2D eigenvalue weighted by Gasteiger charge is 2.21. The summed E-state index contributed by atoms with van der Waals surface area (Å²) in [6.45, 7) is -1.15. The summed E-state index contributed by atoms with van der Waals surface area (Å²) in [7, 11) is 0. The number of aryl methyl sites for hydroxylation is 1. The molecule has 0 unspecified atom stereocenters. The molecule has 2 aromatic heterocycles. The van der Waals surface area contributed by atoms with E-state index >= 15 is 0 Å². The molecular formula is C22H18F2N4O2. The van der Waals surface area contributed by atoms with Crippen molar-refractivity contribution in [1.82, 2.24) is 19.3 Å². The Hall–Kier alpha value is -3.81. The molecule has 4 aromatic rings. The largest absolute Gasteiger partial charge is 0.454 e. The van der Waals surface area contributed by atoms with Crippen LogP contribution in [-0.4, -0.2) is 25.3 Å². The normalized spacial score (nSPS) is 11.1. The second-order valence-electron chi connectivity index (χ2n) is 6.64. The molecule has 0 fully saturated rings. The molecule has 0 bridgehead atoms. The Labute approximate surface area is 171 Å². The Kier molecular flexibility index (Phi) is 5.38. The molecule has 0 atom stereocenters. The van der Waals surface area contributed by atoms with E-state index < -0.39 is 12.5 Å². The first kappa shape index (κ1) is 19.5. The fraction of sp³-hybridized carbons (Fsp3) is 0.136. The van der Waals surface area contributed by atoms with E-state index in [4.69, 9.17) is 4.74 Å². The zero-order chi connectivity index (χ0) is 21.1. The van der Waals surface area contributed by atoms with E-state index in [1.54, 1.807) is 10.9 Å². The number of ether oxygens (including phenoxy) is 1. The number of aromatic nitrogens is 4. The van der Waals surface area contributed by atoms with Gasteiger partial charge in [-0.3, -0.25) is 4.57 Å². The number of esters is 1. The molecule has 0 radical (unpaired) electrons. The minimum absolute atomic E-state index is 0.0365. The standard InChI is InChI=1S/C22H18F2N4O2/c1-15-7-9-17(10-8-15)28-13-18(20(26-28)16-5-3-2-4-6-16)21(29)30-14-19-25-11-12-27(19)22(23)24/h2-13,22H,14H2,1H3. The van der Waals surface area contributed by atoms with Crippen LogP contribution in [-0.2, 0) is 11.3 Å². The first-order chi connectivity index (χ1) is 14.5. The Morgan fingerprint density at radius 3 is 2.53 bits per heavy atom. The molecule has 4 rings (SSSR count). The van der Waals surface area contributed by atoms with E-state index in [1.807, 2.05) is 61.5 Å². The summed E-state index contributed by atoms with van der Waals surface area (Å²) >= 11 is 0. The fourth-order valence-corrected chi connectivity index (χ4v) is 3.00. The number of nitrogens with zero attached hydrogens (tertiary/aromatic N) is 4. The number of alkyl halides is 2. The summed E-state index contributed by atoms with van der Waals surface area (Å²) in [5.41, 5.74) is 3.30. The van der Waals surface area contributed by atoms with Crippen LogP contribution in [0.4, 0.5) is 8.78 Å². The summed E-state index contributed by atoms with van der Waals surface area (Å²) in [6, 6.07) is 16.9. The average molecular weight is 408 g/mol. The minimum Gasteiger partial charge on any atom is -0.454 e. The lowest BCUT2D eigenvalue weighted by molar-refractivity contribution is 0.0376. The van der Waals surface area contributed by atoms with Crippen molar-refractivity contribution in [2.45, 2.75) is 20.1 Å². The smallest absolute Gasteiger partial charge is 0.342 e. The van der Waals surface area contributed by atoms with Crippen LogP contribution in [0.25, 0.3) is 16.9 Å². The van der Waals surface area contributed by atoms with E-state index in [0.29, 0.717) is 10.3 Å². The third kappa shape index (κ3) is 3.98. The van der Waals surface area contributed by atoms with Gasteiger partial charge in [-0.1, -0.05) is 48.0 Å². The summed E-state index contributed by atoms with van der Waals surface area (Å²) in [5.74, 6) is -0.707. The average Bonchev–Trinajstić information content (AvgIpc) is 3.41. The van der Waals surface area contributed by atoms with Crippen molar-refractivity contribution in [3.63, 3.8) is 0 Å². The van der Waals surface area contributed by atoms with Crippen LogP contribution in [0, 0.1) is 6.92 Å². The van der Waals surface area contributed by atoms with Gasteiger partial charge in [-0.25, -0.2) is 14.5 Å². The topological polar surface area (TPSA) is 61.9 Å². The maximum Gasteiger partial charge on any atom is 0.342 e. The molecule has 2 heterocycles. The number of imidazole rings is 1. The van der Waals surface area contributed by atoms with E-state index in [-0.39, 0.29) is 18.0 Å². The SMILES string of the molecule is Cc1ccc(-n2cc(C(=O)OCc3nccn3C(F)F)c(-c3ccccc3)n2)cc1. The molecule has 152 valence electrons. The van der Waals surface area contributed by atoms with Crippen molar-refractivity contribution in [2.24, 2.45) is 0 Å². The second kappa shape index (κ2) is 8.28. The molecule has 8 heteroatoms. The second-order valence-corrected chi connectivity index (χ2v) is 6.64. The van der Waals surface area contributed by atoms with Crippen LogP contribution < -0.4 is 0 Å². The molecule has 0 amide bonds. The number of rotatable bonds is 6. The zero-order valence-electron chi connectivity index (χ0n) is 16.1. The Balaban J connectivity index is 1.66. The quantitative estimate of drug-likeness (QED) is 0.430. The van der Waals surface area contributed by atoms with E-state index in [9.17, 15) is 13.6 Å². The van der Waals surface area contributed by atoms with Gasteiger partial charge in [0.1, 0.15) is 17.9 Å². The van der Waals surface area contributed by atoms with Gasteiger partial charge in [0.05, 0.1) is 5.69 Å². The number of carbonyl (C=O) groups is 1. The van der Waals surface area contributed by atoms with Crippen LogP contribution >= 0.6 is 0 Å². The van der Waals surface area contributed by atoms with Gasteiger partial charge >= 0.3 is 12.5 Å². The molecular weight excluding hydrogens is 390 g/mol. The van der Waals surface area contributed by atoms with Gasteiger partial charge in [-0.2, -0.15) is 13.9 Å². The first-order valence-electron chi connectivity index (χ1n) is 9.22. The highest BCUT2D eigenvalue weighted by molar-refractivity contribution is 5.96. The van der Waals surface area contributed by atoms with Crippen LogP contribution in [0.15, 0.2) is 73.2 Å². The number of halogens is 2. The molecule has 0 aliphatic rings. The monoisotopic (exact) mass is 408 g/mol. The van der Waals surface area contributed by atoms with Crippen LogP contribution in [0.3, 0.4) is 0 Å². The molecule has 2 aromatic carbocycles. The van der Waals surface area contributed by atoms with Crippen molar-refractivity contribution in [3.05, 3.63) is 90.1 Å². The highest BCUT2D eigenvalue weighted by atomic mass is 19.3. The van der Waals surface area contributed by atoms with Crippen LogP contribution in [0.1, 0.15) is 28.3 Å². The van der Waals surface area contributed by atoms with Crippen LogP contribution in [0.2, 0.25) is 0 Å². The molecule has 6 nitrogen and oxygen atoms in total. The van der Waals surface area contributed by atoms with Crippen molar-refractivity contribution in [3.8, 4) is 16.9 Å². The summed E-state index contributed by atoms with van der Waals surface area (Å²) in [5, 5.41) is 4.57. The fourth-order valence-electron chi connectivity index (χ4n) is 3.00. The molecule has 0 aliphatic heterocycles. The predicted octanol–water partition coefficient (Wildman–Crippen LogP) is 4.80. The van der Waals surface area contributed by atoms with Gasteiger partial charge in [0.2, 0.25) is 0 Å². The predicted molar refractivity (Wildman–Crippen MR) is 106 cm³/mol. The van der Waals surface area contributed by atoms with Crippen molar-refractivity contribution in [2.75, 3.05) is 0 Å². The first-order valence-corrected chi connectivity index (χ1v) is 9.22. The number of carbonyl (C=O) groups excluding carboxylic acids is 1. The van der Waals surface area contributed by atoms with E-state index in [1.165, 1.54) is 6.20 Å². The number of benzene rings is 2. The van der Waals surface area contributed by atoms with Crippen molar-refractivity contribution in [1.29, 1.82) is 0 Å². The van der Waals surface area contributed by atoms with Gasteiger partial charge in [0, 0.05) is 24.2 Å².